The molecule has 3 rings (SSSR count). The Hall–Kier alpha value is -2.19. The van der Waals surface area contributed by atoms with Gasteiger partial charge in [-0.2, -0.15) is 5.26 Å². The summed E-state index contributed by atoms with van der Waals surface area (Å²) in [5, 5.41) is 13.3. The monoisotopic (exact) mass is 267 g/mol. The molecule has 0 aliphatic carbocycles. The molecule has 5 heteroatoms. The van der Waals surface area contributed by atoms with Crippen LogP contribution in [0.2, 0.25) is 0 Å². The summed E-state index contributed by atoms with van der Waals surface area (Å²) in [6, 6.07) is 10.7. The average Bonchev–Trinajstić information content (AvgIpc) is 2.50. The van der Waals surface area contributed by atoms with E-state index in [4.69, 9.17) is 5.26 Å². The van der Waals surface area contributed by atoms with Crippen molar-refractivity contribution in [3.63, 3.8) is 0 Å². The van der Waals surface area contributed by atoms with Crippen LogP contribution in [0.25, 0.3) is 10.9 Å². The third-order valence-electron chi connectivity index (χ3n) is 3.77. The second kappa shape index (κ2) is 5.85. The minimum atomic E-state index is 0.420. The number of benzene rings is 1. The molecule has 1 aromatic carbocycles. The standard InChI is InChI=1S/C15H17N5/c16-7-10-20-8-5-12(6-9-20)19-15-13-3-1-2-4-14(13)17-11-18-15/h1-4,11-12H,5-6,8-10H2,(H,17,18,19). The predicted octanol–water partition coefficient (Wildman–Crippen LogP) is 2.03. The molecule has 5 nitrogen and oxygen atoms in total. The van der Waals surface area contributed by atoms with Gasteiger partial charge in [-0.15, -0.1) is 0 Å². The van der Waals surface area contributed by atoms with Crippen LogP contribution in [0.1, 0.15) is 12.8 Å². The number of piperidine rings is 1. The van der Waals surface area contributed by atoms with Crippen LogP contribution >= 0.6 is 0 Å². The molecule has 0 amide bonds. The van der Waals surface area contributed by atoms with Gasteiger partial charge in [-0.1, -0.05) is 12.1 Å². The number of rotatable bonds is 3. The fraction of sp³-hybridized carbons (Fsp3) is 0.400. The number of hydrogen-bond donors (Lipinski definition) is 1. The molecule has 0 spiro atoms. The zero-order chi connectivity index (χ0) is 13.8. The van der Waals surface area contributed by atoms with Crippen molar-refractivity contribution in [2.45, 2.75) is 18.9 Å². The van der Waals surface area contributed by atoms with Crippen LogP contribution < -0.4 is 5.32 Å². The number of nitriles is 1. The van der Waals surface area contributed by atoms with E-state index in [0.717, 1.165) is 42.7 Å². The minimum Gasteiger partial charge on any atom is -0.367 e. The zero-order valence-corrected chi connectivity index (χ0v) is 11.3. The fourth-order valence-corrected chi connectivity index (χ4v) is 2.65. The second-order valence-electron chi connectivity index (χ2n) is 5.09. The Morgan fingerprint density at radius 2 is 2.05 bits per heavy atom. The van der Waals surface area contributed by atoms with Crippen molar-refractivity contribution in [3.05, 3.63) is 30.6 Å². The maximum atomic E-state index is 8.71. The molecule has 2 heterocycles. The van der Waals surface area contributed by atoms with Crippen LogP contribution in [0, 0.1) is 11.3 Å². The molecule has 1 fully saturated rings. The Balaban J connectivity index is 1.70. The van der Waals surface area contributed by atoms with Crippen molar-refractivity contribution in [1.82, 2.24) is 14.9 Å². The number of nitrogens with zero attached hydrogens (tertiary/aromatic N) is 4. The van der Waals surface area contributed by atoms with E-state index in [1.54, 1.807) is 6.33 Å². The van der Waals surface area contributed by atoms with Gasteiger partial charge in [-0.3, -0.25) is 4.90 Å². The van der Waals surface area contributed by atoms with Gasteiger partial charge in [0, 0.05) is 24.5 Å². The van der Waals surface area contributed by atoms with Crippen LogP contribution in [0.5, 0.6) is 0 Å². The lowest BCUT2D eigenvalue weighted by Crippen LogP contribution is -2.39. The Morgan fingerprint density at radius 1 is 1.25 bits per heavy atom. The number of aromatic nitrogens is 2. The molecule has 2 aromatic rings. The van der Waals surface area contributed by atoms with Gasteiger partial charge in [-0.25, -0.2) is 9.97 Å². The van der Waals surface area contributed by atoms with Crippen LogP contribution in [-0.2, 0) is 0 Å². The van der Waals surface area contributed by atoms with Gasteiger partial charge in [0.25, 0.3) is 0 Å². The van der Waals surface area contributed by atoms with Crippen LogP contribution in [-0.4, -0.2) is 40.5 Å². The molecule has 0 atom stereocenters. The Kier molecular flexibility index (Phi) is 3.75. The lowest BCUT2D eigenvalue weighted by molar-refractivity contribution is 0.242. The number of anilines is 1. The summed E-state index contributed by atoms with van der Waals surface area (Å²) in [5.74, 6) is 0.911. The smallest absolute Gasteiger partial charge is 0.137 e. The van der Waals surface area contributed by atoms with Crippen LogP contribution in [0.15, 0.2) is 30.6 Å². The second-order valence-corrected chi connectivity index (χ2v) is 5.09. The van der Waals surface area contributed by atoms with Gasteiger partial charge in [0.05, 0.1) is 18.1 Å². The number of nitrogens with one attached hydrogen (secondary N) is 1. The van der Waals surface area contributed by atoms with Gasteiger partial charge >= 0.3 is 0 Å². The first-order chi connectivity index (χ1) is 9.86. The lowest BCUT2D eigenvalue weighted by Gasteiger charge is -2.31. The summed E-state index contributed by atoms with van der Waals surface area (Å²) >= 11 is 0. The number of para-hydroxylation sites is 1. The van der Waals surface area contributed by atoms with E-state index in [0.29, 0.717) is 12.6 Å². The molecule has 102 valence electrons. The summed E-state index contributed by atoms with van der Waals surface area (Å²) in [6.45, 7) is 2.46. The van der Waals surface area contributed by atoms with Gasteiger partial charge in [0.2, 0.25) is 0 Å². The summed E-state index contributed by atoms with van der Waals surface area (Å²) < 4.78 is 0. The van der Waals surface area contributed by atoms with Crippen LogP contribution in [0.3, 0.4) is 0 Å². The summed E-state index contributed by atoms with van der Waals surface area (Å²) in [6.07, 6.45) is 3.69. The molecule has 0 bridgehead atoms. The quantitative estimate of drug-likeness (QED) is 0.862. The minimum absolute atomic E-state index is 0.420. The summed E-state index contributed by atoms with van der Waals surface area (Å²) in [5.41, 5.74) is 0.965. The van der Waals surface area contributed by atoms with Gasteiger partial charge in [0.1, 0.15) is 12.1 Å². The van der Waals surface area contributed by atoms with E-state index < -0.39 is 0 Å². The first kappa shape index (κ1) is 12.8. The van der Waals surface area contributed by atoms with Crippen molar-refractivity contribution in [3.8, 4) is 6.07 Å². The molecule has 1 saturated heterocycles. The first-order valence-electron chi connectivity index (χ1n) is 6.92. The van der Waals surface area contributed by atoms with Crippen molar-refractivity contribution >= 4 is 16.7 Å². The molecular weight excluding hydrogens is 250 g/mol. The van der Waals surface area contributed by atoms with Gasteiger partial charge < -0.3 is 5.32 Å². The van der Waals surface area contributed by atoms with E-state index >= 15 is 0 Å². The molecule has 1 aromatic heterocycles. The van der Waals surface area contributed by atoms with Crippen molar-refractivity contribution in [2.24, 2.45) is 0 Å². The predicted molar refractivity (Wildman–Crippen MR) is 78.2 cm³/mol. The summed E-state index contributed by atoms with van der Waals surface area (Å²) in [4.78, 5) is 10.8. The number of hydrogen-bond acceptors (Lipinski definition) is 5. The third-order valence-corrected chi connectivity index (χ3v) is 3.77. The van der Waals surface area contributed by atoms with Gasteiger partial charge in [-0.05, 0) is 25.0 Å². The topological polar surface area (TPSA) is 64.8 Å². The van der Waals surface area contributed by atoms with E-state index in [2.05, 4.69) is 26.3 Å². The van der Waals surface area contributed by atoms with E-state index in [1.807, 2.05) is 24.3 Å². The molecule has 20 heavy (non-hydrogen) atoms. The number of fused-ring (bicyclic) bond motifs is 1. The van der Waals surface area contributed by atoms with E-state index in [-0.39, 0.29) is 0 Å². The highest BCUT2D eigenvalue weighted by molar-refractivity contribution is 5.88. The van der Waals surface area contributed by atoms with Crippen molar-refractivity contribution < 1.29 is 0 Å². The Labute approximate surface area is 118 Å². The fourth-order valence-electron chi connectivity index (χ4n) is 2.65. The number of likely N-dealkylation sites (tertiary alicyclic amines) is 1. The van der Waals surface area contributed by atoms with Crippen LogP contribution in [0.4, 0.5) is 5.82 Å². The summed E-state index contributed by atoms with van der Waals surface area (Å²) in [7, 11) is 0. The maximum absolute atomic E-state index is 8.71. The highest BCUT2D eigenvalue weighted by Crippen LogP contribution is 2.21. The normalized spacial score (nSPS) is 16.9. The van der Waals surface area contributed by atoms with Crippen molar-refractivity contribution in [2.75, 3.05) is 25.0 Å². The van der Waals surface area contributed by atoms with Gasteiger partial charge in [0.15, 0.2) is 0 Å². The first-order valence-corrected chi connectivity index (χ1v) is 6.92. The maximum Gasteiger partial charge on any atom is 0.137 e. The van der Waals surface area contributed by atoms with Crippen molar-refractivity contribution in [1.29, 1.82) is 5.26 Å². The highest BCUT2D eigenvalue weighted by Gasteiger charge is 2.19. The zero-order valence-electron chi connectivity index (χ0n) is 11.3. The average molecular weight is 267 g/mol. The molecule has 0 unspecified atom stereocenters. The Bertz CT molecular complexity index is 620. The Morgan fingerprint density at radius 3 is 2.85 bits per heavy atom. The SMILES string of the molecule is N#CCN1CCC(Nc2ncnc3ccccc23)CC1. The largest absolute Gasteiger partial charge is 0.367 e. The molecule has 1 aliphatic rings. The molecular formula is C15H17N5. The molecule has 1 aliphatic heterocycles. The van der Waals surface area contributed by atoms with E-state index in [1.165, 1.54) is 0 Å². The highest BCUT2D eigenvalue weighted by atomic mass is 15.1. The lowest BCUT2D eigenvalue weighted by atomic mass is 10.0. The van der Waals surface area contributed by atoms with E-state index in [9.17, 15) is 0 Å². The molecule has 0 radical (unpaired) electrons. The molecule has 1 N–H and O–H groups in total. The third kappa shape index (κ3) is 2.70. The molecule has 0 saturated carbocycles.